The van der Waals surface area contributed by atoms with Gasteiger partial charge in [-0.3, -0.25) is 4.79 Å². The number of carbonyl (C=O) groups excluding carboxylic acids is 1. The second kappa shape index (κ2) is 7.08. The largest absolute Gasteiger partial charge is 0.378 e. The molecular formula is C21H20N2O2. The summed E-state index contributed by atoms with van der Waals surface area (Å²) >= 11 is 0. The van der Waals surface area contributed by atoms with Gasteiger partial charge in [-0.15, -0.1) is 0 Å². The molecule has 4 nitrogen and oxygen atoms in total. The Morgan fingerprint density at radius 1 is 1.04 bits per heavy atom. The molecule has 2 aromatic rings. The van der Waals surface area contributed by atoms with Gasteiger partial charge < -0.3 is 9.64 Å². The zero-order valence-electron chi connectivity index (χ0n) is 14.1. The number of benzene rings is 1. The third-order valence-electron chi connectivity index (χ3n) is 4.65. The summed E-state index contributed by atoms with van der Waals surface area (Å²) in [6, 6.07) is 12.0. The number of aryl methyl sites for hydroxylation is 1. The average Bonchev–Trinajstić information content (AvgIpc) is 2.67. The van der Waals surface area contributed by atoms with Gasteiger partial charge in [0.25, 0.3) is 0 Å². The predicted molar refractivity (Wildman–Crippen MR) is 97.0 cm³/mol. The van der Waals surface area contributed by atoms with Crippen LogP contribution in [0.5, 0.6) is 0 Å². The average molecular weight is 332 g/mol. The minimum absolute atomic E-state index is 0.200. The number of hydrogen-bond donors (Lipinski definition) is 0. The third-order valence-corrected chi connectivity index (χ3v) is 4.65. The van der Waals surface area contributed by atoms with Gasteiger partial charge in [0.05, 0.1) is 18.9 Å². The highest BCUT2D eigenvalue weighted by atomic mass is 16.5. The van der Waals surface area contributed by atoms with E-state index >= 15 is 0 Å². The molecule has 2 heterocycles. The number of carbonyl (C=O) groups is 1. The molecule has 4 rings (SSSR count). The van der Waals surface area contributed by atoms with Crippen LogP contribution in [0, 0.1) is 11.8 Å². The zero-order valence-corrected chi connectivity index (χ0v) is 14.1. The van der Waals surface area contributed by atoms with Crippen molar-refractivity contribution in [3.63, 3.8) is 0 Å². The zero-order chi connectivity index (χ0) is 17.1. The van der Waals surface area contributed by atoms with E-state index in [1.165, 1.54) is 5.69 Å². The molecule has 1 aromatic heterocycles. The van der Waals surface area contributed by atoms with Crippen molar-refractivity contribution in [2.24, 2.45) is 0 Å². The fourth-order valence-corrected chi connectivity index (χ4v) is 3.30. The Bertz CT molecular complexity index is 858. The molecule has 0 spiro atoms. The Morgan fingerprint density at radius 2 is 1.92 bits per heavy atom. The Labute approximate surface area is 147 Å². The number of nitrogens with zero attached hydrogens (tertiary/aromatic N) is 2. The summed E-state index contributed by atoms with van der Waals surface area (Å²) in [4.78, 5) is 18.8. The number of ketones is 1. The summed E-state index contributed by atoms with van der Waals surface area (Å²) in [6.45, 7) is 3.37. The quantitative estimate of drug-likeness (QED) is 0.753. The minimum Gasteiger partial charge on any atom is -0.378 e. The lowest BCUT2D eigenvalue weighted by molar-refractivity contribution is 0.0971. The number of rotatable bonds is 1. The summed E-state index contributed by atoms with van der Waals surface area (Å²) < 4.78 is 5.41. The molecule has 126 valence electrons. The van der Waals surface area contributed by atoms with Gasteiger partial charge in [-0.1, -0.05) is 12.0 Å². The van der Waals surface area contributed by atoms with Crippen LogP contribution in [0.25, 0.3) is 0 Å². The first-order valence-electron chi connectivity index (χ1n) is 8.77. The molecule has 1 aromatic carbocycles. The Morgan fingerprint density at radius 3 is 2.80 bits per heavy atom. The molecule has 1 fully saturated rings. The van der Waals surface area contributed by atoms with E-state index in [2.05, 4.69) is 33.9 Å². The molecule has 1 aliphatic carbocycles. The summed E-state index contributed by atoms with van der Waals surface area (Å²) in [5, 5.41) is 0. The number of morpholine rings is 1. The standard InChI is InChI=1S/C21H20N2O2/c24-21-6-2-5-20-19(21)10-9-17(22-20)8-7-16-3-1-4-18(15-16)23-11-13-25-14-12-23/h1,3-4,9-10,15H,2,5-6,11-14H2. The van der Waals surface area contributed by atoms with E-state index in [1.807, 2.05) is 24.3 Å². The van der Waals surface area contributed by atoms with Gasteiger partial charge in [0.15, 0.2) is 5.78 Å². The van der Waals surface area contributed by atoms with Crippen LogP contribution < -0.4 is 4.90 Å². The molecular weight excluding hydrogens is 312 g/mol. The van der Waals surface area contributed by atoms with E-state index in [1.54, 1.807) is 0 Å². The van der Waals surface area contributed by atoms with Crippen molar-refractivity contribution in [2.75, 3.05) is 31.2 Å². The van der Waals surface area contributed by atoms with Crippen molar-refractivity contribution in [1.82, 2.24) is 4.98 Å². The van der Waals surface area contributed by atoms with Crippen LogP contribution in [0.1, 0.15) is 40.2 Å². The maximum absolute atomic E-state index is 11.9. The molecule has 2 aliphatic rings. The highest BCUT2D eigenvalue weighted by molar-refractivity contribution is 5.98. The maximum atomic E-state index is 11.9. The van der Waals surface area contributed by atoms with Crippen LogP contribution >= 0.6 is 0 Å². The van der Waals surface area contributed by atoms with Gasteiger partial charge >= 0.3 is 0 Å². The van der Waals surface area contributed by atoms with Crippen molar-refractivity contribution >= 4 is 11.5 Å². The van der Waals surface area contributed by atoms with Crippen LogP contribution in [0.15, 0.2) is 36.4 Å². The molecule has 1 saturated heterocycles. The lowest BCUT2D eigenvalue weighted by Gasteiger charge is -2.28. The van der Waals surface area contributed by atoms with E-state index in [9.17, 15) is 4.79 Å². The predicted octanol–water partition coefficient (Wildman–Crippen LogP) is 2.84. The molecule has 0 radical (unpaired) electrons. The van der Waals surface area contributed by atoms with Gasteiger partial charge in [0.1, 0.15) is 5.69 Å². The number of anilines is 1. The van der Waals surface area contributed by atoms with Crippen LogP contribution in [-0.4, -0.2) is 37.1 Å². The molecule has 0 saturated carbocycles. The third kappa shape index (κ3) is 3.57. The van der Waals surface area contributed by atoms with Gasteiger partial charge in [0.2, 0.25) is 0 Å². The van der Waals surface area contributed by atoms with Gasteiger partial charge in [-0.2, -0.15) is 0 Å². The number of Topliss-reactive ketones (excluding diaryl/α,β-unsaturated/α-hetero) is 1. The van der Waals surface area contributed by atoms with Gasteiger partial charge in [-0.25, -0.2) is 4.98 Å². The molecule has 0 bridgehead atoms. The number of aromatic nitrogens is 1. The molecule has 0 unspecified atom stereocenters. The van der Waals surface area contributed by atoms with Crippen LogP contribution in [-0.2, 0) is 11.2 Å². The van der Waals surface area contributed by atoms with E-state index < -0.39 is 0 Å². The monoisotopic (exact) mass is 332 g/mol. The summed E-state index contributed by atoms with van der Waals surface area (Å²) in [6.07, 6.45) is 2.38. The fourth-order valence-electron chi connectivity index (χ4n) is 3.30. The second-order valence-electron chi connectivity index (χ2n) is 6.37. The normalized spacial score (nSPS) is 16.8. The van der Waals surface area contributed by atoms with Gasteiger partial charge in [0, 0.05) is 36.3 Å². The number of hydrogen-bond acceptors (Lipinski definition) is 4. The Kier molecular flexibility index (Phi) is 4.49. The molecule has 0 N–H and O–H groups in total. The van der Waals surface area contributed by atoms with Crippen molar-refractivity contribution in [2.45, 2.75) is 19.3 Å². The number of fused-ring (bicyclic) bond motifs is 1. The first-order chi connectivity index (χ1) is 12.3. The Balaban J connectivity index is 1.56. The molecule has 25 heavy (non-hydrogen) atoms. The molecule has 0 amide bonds. The van der Waals surface area contributed by atoms with Crippen LogP contribution in [0.4, 0.5) is 5.69 Å². The van der Waals surface area contributed by atoms with E-state index in [-0.39, 0.29) is 5.78 Å². The van der Waals surface area contributed by atoms with Crippen molar-refractivity contribution in [3.05, 3.63) is 58.9 Å². The summed E-state index contributed by atoms with van der Waals surface area (Å²) in [7, 11) is 0. The van der Waals surface area contributed by atoms with E-state index in [0.717, 1.165) is 61.7 Å². The van der Waals surface area contributed by atoms with Crippen molar-refractivity contribution in [1.29, 1.82) is 0 Å². The Hall–Kier alpha value is -2.64. The van der Waals surface area contributed by atoms with Crippen molar-refractivity contribution in [3.8, 4) is 11.8 Å². The van der Waals surface area contributed by atoms with Crippen LogP contribution in [0.3, 0.4) is 0 Å². The smallest absolute Gasteiger partial charge is 0.164 e. The fraction of sp³-hybridized carbons (Fsp3) is 0.333. The maximum Gasteiger partial charge on any atom is 0.164 e. The first kappa shape index (κ1) is 15.9. The summed E-state index contributed by atoms with van der Waals surface area (Å²) in [5.41, 5.74) is 4.54. The first-order valence-corrected chi connectivity index (χ1v) is 8.77. The van der Waals surface area contributed by atoms with Crippen LogP contribution in [0.2, 0.25) is 0 Å². The highest BCUT2D eigenvalue weighted by Crippen LogP contribution is 2.20. The van der Waals surface area contributed by atoms with Crippen molar-refractivity contribution < 1.29 is 9.53 Å². The molecule has 0 atom stereocenters. The highest BCUT2D eigenvalue weighted by Gasteiger charge is 2.18. The summed E-state index contributed by atoms with van der Waals surface area (Å²) in [5.74, 6) is 6.54. The number of pyridine rings is 1. The minimum atomic E-state index is 0.200. The SMILES string of the molecule is O=C1CCCc2nc(C#Cc3cccc(N4CCOCC4)c3)ccc21. The van der Waals surface area contributed by atoms with Gasteiger partial charge in [-0.05, 0) is 49.1 Å². The molecule has 1 aliphatic heterocycles. The second-order valence-corrected chi connectivity index (χ2v) is 6.37. The lowest BCUT2D eigenvalue weighted by atomic mass is 9.94. The number of ether oxygens (including phenoxy) is 1. The lowest BCUT2D eigenvalue weighted by Crippen LogP contribution is -2.36. The molecule has 4 heteroatoms. The van der Waals surface area contributed by atoms with E-state index in [4.69, 9.17) is 4.74 Å². The topological polar surface area (TPSA) is 42.4 Å². The van der Waals surface area contributed by atoms with E-state index in [0.29, 0.717) is 6.42 Å².